The average Bonchev–Trinajstić information content (AvgIpc) is 3.23. The first-order chi connectivity index (χ1) is 16.5. The first-order valence-corrected chi connectivity index (χ1v) is 11.9. The van der Waals surface area contributed by atoms with Gasteiger partial charge in [-0.1, -0.05) is 35.3 Å². The fourth-order valence-electron chi connectivity index (χ4n) is 4.42. The molecule has 0 saturated carbocycles. The number of benzene rings is 2. The molecule has 1 aliphatic heterocycles. The largest absolute Gasteiger partial charge is 0.465 e. The summed E-state index contributed by atoms with van der Waals surface area (Å²) >= 11 is 12.7. The highest BCUT2D eigenvalue weighted by Crippen LogP contribution is 2.37. The number of ether oxygens (including phenoxy) is 1. The van der Waals surface area contributed by atoms with Gasteiger partial charge in [0.15, 0.2) is 0 Å². The Morgan fingerprint density at radius 3 is 2.03 bits per heavy atom. The molecule has 0 atom stereocenters. The van der Waals surface area contributed by atoms with E-state index in [0.29, 0.717) is 21.4 Å². The zero-order valence-corrected chi connectivity index (χ0v) is 22.0. The van der Waals surface area contributed by atoms with Gasteiger partial charge in [0.1, 0.15) is 0 Å². The Kier molecular flexibility index (Phi) is 6.67. The standard InChI is InChI=1S/C28H26Cl2N2O3/c1-15-7-9-21(13-24(15)29)31-17(3)11-20(18(31)4)12-23-26(28(34)35-6)19(5)32(27(23)33)22-10-8-16(2)25(30)14-22/h7-14H,1-6H3/b23-12-. The van der Waals surface area contributed by atoms with Gasteiger partial charge in [0.2, 0.25) is 0 Å². The van der Waals surface area contributed by atoms with Gasteiger partial charge in [0.25, 0.3) is 5.91 Å². The number of esters is 1. The van der Waals surface area contributed by atoms with Gasteiger partial charge in [-0.3, -0.25) is 9.69 Å². The summed E-state index contributed by atoms with van der Waals surface area (Å²) in [6.45, 7) is 9.54. The third kappa shape index (κ3) is 4.30. The zero-order chi connectivity index (χ0) is 25.6. The molecule has 180 valence electrons. The molecule has 1 amide bonds. The molecule has 0 saturated heterocycles. The van der Waals surface area contributed by atoms with Crippen LogP contribution in [-0.4, -0.2) is 23.6 Å². The van der Waals surface area contributed by atoms with Crippen molar-refractivity contribution in [3.8, 4) is 5.69 Å². The van der Waals surface area contributed by atoms with Crippen molar-refractivity contribution < 1.29 is 14.3 Å². The van der Waals surface area contributed by atoms with Crippen molar-refractivity contribution in [2.75, 3.05) is 12.0 Å². The van der Waals surface area contributed by atoms with Crippen molar-refractivity contribution >= 4 is 46.8 Å². The molecule has 3 aromatic rings. The van der Waals surface area contributed by atoms with Crippen LogP contribution in [-0.2, 0) is 14.3 Å². The minimum absolute atomic E-state index is 0.234. The van der Waals surface area contributed by atoms with Gasteiger partial charge in [-0.2, -0.15) is 0 Å². The van der Waals surface area contributed by atoms with Gasteiger partial charge < -0.3 is 9.30 Å². The molecule has 0 bridgehead atoms. The molecule has 0 spiro atoms. The fourth-order valence-corrected chi connectivity index (χ4v) is 4.77. The van der Waals surface area contributed by atoms with E-state index in [1.807, 2.05) is 64.1 Å². The number of aromatic nitrogens is 1. The highest BCUT2D eigenvalue weighted by Gasteiger charge is 2.38. The molecule has 4 rings (SSSR count). The maximum absolute atomic E-state index is 13.6. The van der Waals surface area contributed by atoms with Gasteiger partial charge in [-0.25, -0.2) is 4.79 Å². The predicted molar refractivity (Wildman–Crippen MR) is 141 cm³/mol. The van der Waals surface area contributed by atoms with Crippen LogP contribution in [0, 0.1) is 27.7 Å². The quantitative estimate of drug-likeness (QED) is 0.284. The number of carbonyl (C=O) groups is 2. The Hall–Kier alpha value is -3.28. The number of halogens is 2. The van der Waals surface area contributed by atoms with Gasteiger partial charge >= 0.3 is 5.97 Å². The van der Waals surface area contributed by atoms with Crippen molar-refractivity contribution in [2.24, 2.45) is 0 Å². The Morgan fingerprint density at radius 2 is 1.46 bits per heavy atom. The summed E-state index contributed by atoms with van der Waals surface area (Å²) in [7, 11) is 1.31. The van der Waals surface area contributed by atoms with E-state index in [2.05, 4.69) is 4.57 Å². The minimum atomic E-state index is -0.568. The Morgan fingerprint density at radius 1 is 0.886 bits per heavy atom. The molecule has 0 N–H and O–H groups in total. The van der Waals surface area contributed by atoms with Crippen LogP contribution in [0.15, 0.2) is 59.3 Å². The molecule has 0 aliphatic carbocycles. The summed E-state index contributed by atoms with van der Waals surface area (Å²) in [6, 6.07) is 13.3. The van der Waals surface area contributed by atoms with E-state index in [4.69, 9.17) is 27.9 Å². The number of carbonyl (C=O) groups excluding carboxylic acids is 2. The zero-order valence-electron chi connectivity index (χ0n) is 20.5. The molecule has 1 aliphatic rings. The highest BCUT2D eigenvalue weighted by atomic mass is 35.5. The number of hydrogen-bond donors (Lipinski definition) is 0. The number of hydrogen-bond acceptors (Lipinski definition) is 3. The van der Waals surface area contributed by atoms with Crippen LogP contribution in [0.2, 0.25) is 10.0 Å². The van der Waals surface area contributed by atoms with Crippen molar-refractivity contribution in [3.05, 3.63) is 97.4 Å². The van der Waals surface area contributed by atoms with E-state index in [1.54, 1.807) is 19.1 Å². The highest BCUT2D eigenvalue weighted by molar-refractivity contribution is 6.32. The van der Waals surface area contributed by atoms with E-state index >= 15 is 0 Å². The topological polar surface area (TPSA) is 51.5 Å². The molecule has 1 aromatic heterocycles. The SMILES string of the molecule is COC(=O)C1=C(C)N(c2ccc(C)c(Cl)c2)C(=O)/C1=C\c1cc(C)n(-c2ccc(C)c(Cl)c2)c1C. The molecule has 7 heteroatoms. The fraction of sp³-hybridized carbons (Fsp3) is 0.214. The van der Waals surface area contributed by atoms with Crippen LogP contribution in [0.5, 0.6) is 0 Å². The number of nitrogens with zero attached hydrogens (tertiary/aromatic N) is 2. The lowest BCUT2D eigenvalue weighted by molar-refractivity contribution is -0.136. The van der Waals surface area contributed by atoms with Gasteiger partial charge in [-0.15, -0.1) is 0 Å². The molecular formula is C28H26Cl2N2O3. The van der Waals surface area contributed by atoms with Crippen molar-refractivity contribution in [3.63, 3.8) is 0 Å². The lowest BCUT2D eigenvalue weighted by Gasteiger charge is -2.18. The van der Waals surface area contributed by atoms with E-state index in [9.17, 15) is 9.59 Å². The van der Waals surface area contributed by atoms with E-state index in [0.717, 1.165) is 33.8 Å². The summed E-state index contributed by atoms with van der Waals surface area (Å²) < 4.78 is 7.11. The minimum Gasteiger partial charge on any atom is -0.465 e. The van der Waals surface area contributed by atoms with Crippen LogP contribution in [0.3, 0.4) is 0 Å². The smallest absolute Gasteiger partial charge is 0.340 e. The lowest BCUT2D eigenvalue weighted by Crippen LogP contribution is -2.24. The van der Waals surface area contributed by atoms with E-state index in [1.165, 1.54) is 12.0 Å². The Balaban J connectivity index is 1.85. The van der Waals surface area contributed by atoms with E-state index < -0.39 is 5.97 Å². The first kappa shape index (κ1) is 24.8. The summed E-state index contributed by atoms with van der Waals surface area (Å²) in [5.74, 6) is -0.882. The third-order valence-corrected chi connectivity index (χ3v) is 7.20. The second-order valence-corrected chi connectivity index (χ2v) is 9.49. The number of methoxy groups -OCH3 is 1. The first-order valence-electron chi connectivity index (χ1n) is 11.1. The molecule has 0 radical (unpaired) electrons. The molecule has 2 aromatic carbocycles. The number of rotatable bonds is 4. The molecular weight excluding hydrogens is 483 g/mol. The normalized spacial score (nSPS) is 14.9. The predicted octanol–water partition coefficient (Wildman–Crippen LogP) is 6.89. The molecule has 2 heterocycles. The van der Waals surface area contributed by atoms with Crippen LogP contribution in [0.25, 0.3) is 11.8 Å². The van der Waals surface area contributed by atoms with Gasteiger partial charge in [0.05, 0.1) is 23.9 Å². The number of anilines is 1. The van der Waals surface area contributed by atoms with Crippen LogP contribution in [0.1, 0.15) is 35.0 Å². The summed E-state index contributed by atoms with van der Waals surface area (Å²) in [4.78, 5) is 27.9. The molecule has 5 nitrogen and oxygen atoms in total. The van der Waals surface area contributed by atoms with E-state index in [-0.39, 0.29) is 17.1 Å². The second-order valence-electron chi connectivity index (χ2n) is 8.68. The number of aryl methyl sites for hydroxylation is 3. The number of amides is 1. The van der Waals surface area contributed by atoms with Crippen molar-refractivity contribution in [1.82, 2.24) is 4.57 Å². The van der Waals surface area contributed by atoms with Crippen molar-refractivity contribution in [1.29, 1.82) is 0 Å². The molecule has 0 unspecified atom stereocenters. The van der Waals surface area contributed by atoms with Crippen molar-refractivity contribution in [2.45, 2.75) is 34.6 Å². The van der Waals surface area contributed by atoms with Crippen LogP contribution in [0.4, 0.5) is 5.69 Å². The maximum atomic E-state index is 13.6. The van der Waals surface area contributed by atoms with Gasteiger partial charge in [-0.05, 0) is 87.7 Å². The Bertz CT molecular complexity index is 1450. The lowest BCUT2D eigenvalue weighted by atomic mass is 10.0. The average molecular weight is 509 g/mol. The van der Waals surface area contributed by atoms with Crippen LogP contribution < -0.4 is 4.90 Å². The monoisotopic (exact) mass is 508 g/mol. The molecule has 35 heavy (non-hydrogen) atoms. The second kappa shape index (κ2) is 9.40. The number of allylic oxidation sites excluding steroid dienone is 1. The van der Waals surface area contributed by atoms with Gasteiger partial charge in [0, 0.05) is 32.8 Å². The summed E-state index contributed by atoms with van der Waals surface area (Å²) in [5.41, 5.74) is 7.12. The maximum Gasteiger partial charge on any atom is 0.340 e. The molecule has 0 fully saturated rings. The third-order valence-electron chi connectivity index (χ3n) is 6.39. The van der Waals surface area contributed by atoms with Crippen LogP contribution >= 0.6 is 23.2 Å². The Labute approximate surface area is 215 Å². The summed E-state index contributed by atoms with van der Waals surface area (Å²) in [6.07, 6.45) is 1.75. The summed E-state index contributed by atoms with van der Waals surface area (Å²) in [5, 5.41) is 1.22.